The molecule has 48 heavy (non-hydrogen) atoms. The molecule has 0 aliphatic heterocycles. The van der Waals surface area contributed by atoms with Crippen molar-refractivity contribution in [3.8, 4) is 0 Å². The van der Waals surface area contributed by atoms with Gasteiger partial charge in [-0.2, -0.15) is 0 Å². The third-order valence-electron chi connectivity index (χ3n) is 7.85. The molecular weight excluding hydrogens is 788 g/mol. The Morgan fingerprint density at radius 1 is 0.417 bits per heavy atom. The molecule has 0 radical (unpaired) electrons. The number of nitrogens with one attached hydrogen (secondary N) is 1. The molecule has 0 spiro atoms. The molecule has 3 nitrogen and oxygen atoms in total. The van der Waals surface area contributed by atoms with Gasteiger partial charge in [0.1, 0.15) is 0 Å². The Bertz CT molecular complexity index is 2490. The Morgan fingerprint density at radius 2 is 0.875 bits per heavy atom. The number of anilines is 2. The summed E-state index contributed by atoms with van der Waals surface area (Å²) in [5.74, 6) is 0. The zero-order chi connectivity index (χ0) is 32.3. The van der Waals surface area contributed by atoms with Crippen LogP contribution in [-0.4, -0.2) is 29.9 Å². The van der Waals surface area contributed by atoms with Gasteiger partial charge >= 0.3 is 301 Å². The van der Waals surface area contributed by atoms with Gasteiger partial charge in [0.15, 0.2) is 0 Å². The summed E-state index contributed by atoms with van der Waals surface area (Å²) in [6.07, 6.45) is 0. The van der Waals surface area contributed by atoms with Crippen LogP contribution in [0.4, 0.5) is 11.4 Å². The van der Waals surface area contributed by atoms with Crippen molar-refractivity contribution >= 4 is 119 Å². The predicted molar refractivity (Wildman–Crippen MR) is 208 cm³/mol. The van der Waals surface area contributed by atoms with Crippen molar-refractivity contribution in [2.24, 2.45) is 0 Å². The molecular formula is C42H28BrNO2Se2. The van der Waals surface area contributed by atoms with Gasteiger partial charge in [0, 0.05) is 0 Å². The molecule has 9 aromatic rings. The number of furan rings is 2. The van der Waals surface area contributed by atoms with Crippen LogP contribution in [0.5, 0.6) is 0 Å². The van der Waals surface area contributed by atoms with E-state index in [1.54, 1.807) is 0 Å². The number of fused-ring (bicyclic) bond motifs is 6. The minimum atomic E-state index is 0.195. The Kier molecular flexibility index (Phi) is 8.91. The third-order valence-corrected chi connectivity index (χ3v) is 12.7. The molecule has 0 aliphatic carbocycles. The average Bonchev–Trinajstić information content (AvgIpc) is 3.68. The number of hydrogen-bond acceptors (Lipinski definition) is 3. The number of halogens is 1. The van der Waals surface area contributed by atoms with Crippen molar-refractivity contribution in [2.75, 3.05) is 5.32 Å². The molecule has 1 N–H and O–H groups in total. The molecule has 0 amide bonds. The van der Waals surface area contributed by atoms with Crippen molar-refractivity contribution < 1.29 is 8.83 Å². The first-order valence-corrected chi connectivity index (χ1v) is 19.7. The molecule has 0 saturated heterocycles. The second-order valence-electron chi connectivity index (χ2n) is 11.1. The Hall–Kier alpha value is -4.54. The number of hydrogen-bond donors (Lipinski definition) is 1. The number of benzene rings is 7. The van der Waals surface area contributed by atoms with E-state index in [-0.39, 0.29) is 29.9 Å². The van der Waals surface area contributed by atoms with Gasteiger partial charge in [-0.05, 0) is 0 Å². The maximum absolute atomic E-state index is 6.18. The quantitative estimate of drug-likeness (QED) is 0.171. The van der Waals surface area contributed by atoms with E-state index in [1.807, 2.05) is 42.5 Å². The van der Waals surface area contributed by atoms with Crippen molar-refractivity contribution in [1.82, 2.24) is 0 Å². The van der Waals surface area contributed by atoms with Crippen molar-refractivity contribution in [1.29, 1.82) is 0 Å². The molecule has 6 heteroatoms. The van der Waals surface area contributed by atoms with E-state index >= 15 is 0 Å². The van der Waals surface area contributed by atoms with Crippen LogP contribution in [-0.2, 0) is 0 Å². The first-order valence-electron chi connectivity index (χ1n) is 15.5. The fourth-order valence-corrected chi connectivity index (χ4v) is 10.9. The van der Waals surface area contributed by atoms with Crippen LogP contribution in [0, 0.1) is 0 Å². The van der Waals surface area contributed by atoms with E-state index in [9.17, 15) is 0 Å². The zero-order valence-electron chi connectivity index (χ0n) is 25.6. The van der Waals surface area contributed by atoms with Crippen LogP contribution in [0.15, 0.2) is 177 Å². The summed E-state index contributed by atoms with van der Waals surface area (Å²) in [5, 5.41) is 8.38. The van der Waals surface area contributed by atoms with Gasteiger partial charge in [-0.3, -0.25) is 0 Å². The molecule has 232 valence electrons. The predicted octanol–water partition coefficient (Wildman–Crippen LogP) is 8.99. The van der Waals surface area contributed by atoms with Crippen LogP contribution >= 0.6 is 15.9 Å². The van der Waals surface area contributed by atoms with Gasteiger partial charge in [0.2, 0.25) is 0 Å². The van der Waals surface area contributed by atoms with Gasteiger partial charge in [-0.25, -0.2) is 0 Å². The summed E-state index contributed by atoms with van der Waals surface area (Å²) in [4.78, 5) is 0. The summed E-state index contributed by atoms with van der Waals surface area (Å²) in [6, 6.07) is 56.7. The SMILES string of the molecule is Brc1cc([Se]c2ccccc2)c2c(c1)oc1ccccc12.c1ccc(Nc2cc([Se]c3ccccc3)c3c(c2)oc2ccccc23)cc1. The van der Waals surface area contributed by atoms with Gasteiger partial charge in [-0.1, -0.05) is 0 Å². The van der Waals surface area contributed by atoms with Crippen LogP contribution in [0.3, 0.4) is 0 Å². The molecule has 2 heterocycles. The number of rotatable bonds is 6. The van der Waals surface area contributed by atoms with Crippen molar-refractivity contribution in [3.05, 3.63) is 168 Å². The van der Waals surface area contributed by atoms with Gasteiger partial charge < -0.3 is 0 Å². The monoisotopic (exact) mass is 817 g/mol. The average molecular weight is 817 g/mol. The van der Waals surface area contributed by atoms with E-state index in [0.29, 0.717) is 0 Å². The Balaban J connectivity index is 0.000000145. The van der Waals surface area contributed by atoms with Gasteiger partial charge in [0.25, 0.3) is 0 Å². The van der Waals surface area contributed by atoms with Crippen molar-refractivity contribution in [3.63, 3.8) is 0 Å². The second-order valence-corrected chi connectivity index (χ2v) is 16.7. The second kappa shape index (κ2) is 13.9. The van der Waals surface area contributed by atoms with E-state index in [1.165, 1.54) is 39.4 Å². The molecule has 0 atom stereocenters. The van der Waals surface area contributed by atoms with E-state index < -0.39 is 0 Å². The maximum atomic E-state index is 6.18. The summed E-state index contributed by atoms with van der Waals surface area (Å²) >= 11 is 4.06. The standard InChI is InChI=1S/C24H17NOSe.C18H11BrOSe/c1-3-9-17(10-4-1)25-18-15-22-24(20-13-7-8-14-21(20)26-22)23(16-18)27-19-11-5-2-6-12-19;19-12-10-16-18(14-8-4-5-9-15(14)20-16)17(11-12)21-13-6-2-1-3-7-13/h1-16,25H;1-11H. The fraction of sp³-hybridized carbons (Fsp3) is 0. The van der Waals surface area contributed by atoms with Gasteiger partial charge in [-0.15, -0.1) is 0 Å². The molecule has 2 aromatic heterocycles. The summed E-state index contributed by atoms with van der Waals surface area (Å²) < 4.78 is 18.6. The summed E-state index contributed by atoms with van der Waals surface area (Å²) in [5.41, 5.74) is 5.92. The summed E-state index contributed by atoms with van der Waals surface area (Å²) in [6.45, 7) is 0. The van der Waals surface area contributed by atoms with Crippen molar-refractivity contribution in [2.45, 2.75) is 0 Å². The van der Waals surface area contributed by atoms with Crippen LogP contribution in [0.1, 0.15) is 0 Å². The Labute approximate surface area is 299 Å². The normalized spacial score (nSPS) is 11.2. The van der Waals surface area contributed by atoms with Crippen LogP contribution in [0.25, 0.3) is 43.9 Å². The van der Waals surface area contributed by atoms with E-state index in [0.717, 1.165) is 38.2 Å². The molecule has 9 rings (SSSR count). The first-order chi connectivity index (χ1) is 23.7. The fourth-order valence-electron chi connectivity index (χ4n) is 5.75. The molecule has 0 bridgehead atoms. The van der Waals surface area contributed by atoms with E-state index in [4.69, 9.17) is 8.83 Å². The zero-order valence-corrected chi connectivity index (χ0v) is 30.6. The minimum absolute atomic E-state index is 0.195. The summed E-state index contributed by atoms with van der Waals surface area (Å²) in [7, 11) is 0. The molecule has 0 aliphatic rings. The van der Waals surface area contributed by atoms with E-state index in [2.05, 4.69) is 143 Å². The van der Waals surface area contributed by atoms with Crippen LogP contribution in [0.2, 0.25) is 0 Å². The van der Waals surface area contributed by atoms with Crippen LogP contribution < -0.4 is 23.2 Å². The first kappa shape index (κ1) is 30.8. The third kappa shape index (κ3) is 6.59. The molecule has 0 fully saturated rings. The van der Waals surface area contributed by atoms with Gasteiger partial charge in [0.05, 0.1) is 0 Å². The molecule has 0 unspecified atom stereocenters. The molecule has 7 aromatic carbocycles. The Morgan fingerprint density at radius 3 is 1.44 bits per heavy atom. The topological polar surface area (TPSA) is 38.3 Å². The number of para-hydroxylation sites is 3. The molecule has 0 saturated carbocycles.